The Bertz CT molecular complexity index is 918. The first-order valence-electron chi connectivity index (χ1n) is 11.5. The lowest BCUT2D eigenvalue weighted by molar-refractivity contribution is 0.102. The van der Waals surface area contributed by atoms with Crippen molar-refractivity contribution >= 4 is 17.3 Å². The van der Waals surface area contributed by atoms with E-state index in [1.807, 2.05) is 24.3 Å². The van der Waals surface area contributed by atoms with Crippen molar-refractivity contribution in [3.8, 4) is 0 Å². The summed E-state index contributed by atoms with van der Waals surface area (Å²) in [5.41, 5.74) is 7.52. The zero-order valence-electron chi connectivity index (χ0n) is 17.3. The van der Waals surface area contributed by atoms with E-state index in [-0.39, 0.29) is 5.91 Å². The quantitative estimate of drug-likeness (QED) is 0.702. The summed E-state index contributed by atoms with van der Waals surface area (Å²) in [5, 5.41) is 3.24. The molecule has 1 amide bonds. The van der Waals surface area contributed by atoms with Crippen LogP contribution in [0.15, 0.2) is 36.4 Å². The molecule has 3 heteroatoms. The molecule has 2 aromatic carbocycles. The zero-order chi connectivity index (χ0) is 19.5. The van der Waals surface area contributed by atoms with Crippen LogP contribution in [0.5, 0.6) is 0 Å². The minimum absolute atomic E-state index is 0.00608. The number of carbonyl (C=O) groups excluding carboxylic acids is 1. The summed E-state index contributed by atoms with van der Waals surface area (Å²) in [6, 6.07) is 12.5. The highest BCUT2D eigenvalue weighted by molar-refractivity contribution is 6.04. The predicted octanol–water partition coefficient (Wildman–Crippen LogP) is 5.85. The molecule has 150 valence electrons. The van der Waals surface area contributed by atoms with E-state index >= 15 is 0 Å². The summed E-state index contributed by atoms with van der Waals surface area (Å²) in [5.74, 6) is 2.99. The Morgan fingerprint density at radius 2 is 1.48 bits per heavy atom. The topological polar surface area (TPSA) is 32.3 Å². The summed E-state index contributed by atoms with van der Waals surface area (Å²) in [7, 11) is 0. The van der Waals surface area contributed by atoms with Crippen LogP contribution in [0.4, 0.5) is 11.4 Å². The second kappa shape index (κ2) is 6.62. The molecule has 29 heavy (non-hydrogen) atoms. The van der Waals surface area contributed by atoms with Gasteiger partial charge in [-0.1, -0.05) is 30.5 Å². The first-order chi connectivity index (χ1) is 14.2. The van der Waals surface area contributed by atoms with Crippen LogP contribution in [0, 0.1) is 18.8 Å². The van der Waals surface area contributed by atoms with E-state index in [0.717, 1.165) is 23.1 Å². The van der Waals surface area contributed by atoms with E-state index in [2.05, 4.69) is 29.3 Å². The second-order valence-corrected chi connectivity index (χ2v) is 9.82. The van der Waals surface area contributed by atoms with Gasteiger partial charge in [-0.25, -0.2) is 0 Å². The number of carbonyl (C=O) groups is 1. The third kappa shape index (κ3) is 2.81. The van der Waals surface area contributed by atoms with Gasteiger partial charge in [0, 0.05) is 30.0 Å². The molecule has 4 aliphatic rings. The Morgan fingerprint density at radius 3 is 2.07 bits per heavy atom. The molecule has 0 bridgehead atoms. The SMILES string of the molecule is Cc1ccc(C(=O)Nc2cc3c4c(c2)C2CCCC2CN4CC2CCCC32)cc1. The highest BCUT2D eigenvalue weighted by atomic mass is 16.1. The second-order valence-electron chi connectivity index (χ2n) is 9.82. The van der Waals surface area contributed by atoms with Crippen molar-refractivity contribution in [3.05, 3.63) is 58.7 Å². The van der Waals surface area contributed by atoms with Crippen molar-refractivity contribution in [2.24, 2.45) is 11.8 Å². The first kappa shape index (κ1) is 17.6. The van der Waals surface area contributed by atoms with Crippen LogP contribution < -0.4 is 10.2 Å². The maximum absolute atomic E-state index is 12.9. The number of hydrogen-bond acceptors (Lipinski definition) is 2. The van der Waals surface area contributed by atoms with E-state index in [9.17, 15) is 4.79 Å². The van der Waals surface area contributed by atoms with Crippen molar-refractivity contribution in [1.82, 2.24) is 0 Å². The van der Waals surface area contributed by atoms with Crippen LogP contribution in [0.2, 0.25) is 0 Å². The average Bonchev–Trinajstić information content (AvgIpc) is 3.38. The highest BCUT2D eigenvalue weighted by Gasteiger charge is 2.44. The molecule has 4 atom stereocenters. The monoisotopic (exact) mass is 386 g/mol. The van der Waals surface area contributed by atoms with Gasteiger partial charge in [0.25, 0.3) is 5.91 Å². The van der Waals surface area contributed by atoms with Gasteiger partial charge < -0.3 is 10.2 Å². The molecule has 0 saturated heterocycles. The maximum Gasteiger partial charge on any atom is 0.255 e. The summed E-state index contributed by atoms with van der Waals surface area (Å²) in [4.78, 5) is 15.6. The predicted molar refractivity (Wildman–Crippen MR) is 118 cm³/mol. The van der Waals surface area contributed by atoms with Gasteiger partial charge in [-0.05, 0) is 91.7 Å². The molecule has 0 radical (unpaired) electrons. The molecule has 0 spiro atoms. The van der Waals surface area contributed by atoms with E-state index in [4.69, 9.17) is 0 Å². The van der Waals surface area contributed by atoms with Gasteiger partial charge >= 0.3 is 0 Å². The molecule has 2 fully saturated rings. The van der Waals surface area contributed by atoms with Gasteiger partial charge in [0.05, 0.1) is 0 Å². The van der Waals surface area contributed by atoms with Crippen molar-refractivity contribution in [2.75, 3.05) is 23.3 Å². The Balaban J connectivity index is 1.41. The third-order valence-corrected chi connectivity index (χ3v) is 8.08. The normalized spacial score (nSPS) is 29.2. The number of amides is 1. The number of aryl methyl sites for hydroxylation is 1. The number of nitrogens with one attached hydrogen (secondary N) is 1. The van der Waals surface area contributed by atoms with Gasteiger partial charge in [0.2, 0.25) is 0 Å². The Hall–Kier alpha value is -2.29. The van der Waals surface area contributed by atoms with Crippen LogP contribution in [0.1, 0.15) is 77.4 Å². The van der Waals surface area contributed by atoms with Crippen LogP contribution in [-0.2, 0) is 0 Å². The Kier molecular flexibility index (Phi) is 4.01. The van der Waals surface area contributed by atoms with E-state index in [0.29, 0.717) is 11.8 Å². The van der Waals surface area contributed by atoms with Crippen molar-refractivity contribution < 1.29 is 4.79 Å². The lowest BCUT2D eigenvalue weighted by atomic mass is 9.75. The molecule has 4 unspecified atom stereocenters. The summed E-state index contributed by atoms with van der Waals surface area (Å²) >= 11 is 0. The minimum atomic E-state index is 0.00608. The van der Waals surface area contributed by atoms with Crippen LogP contribution in [-0.4, -0.2) is 19.0 Å². The number of benzene rings is 2. The molecule has 6 rings (SSSR count). The molecule has 3 nitrogen and oxygen atoms in total. The van der Waals surface area contributed by atoms with E-state index in [1.54, 1.807) is 5.69 Å². The molecule has 1 N–H and O–H groups in total. The fourth-order valence-corrected chi connectivity index (χ4v) is 6.74. The van der Waals surface area contributed by atoms with Crippen molar-refractivity contribution in [3.63, 3.8) is 0 Å². The lowest BCUT2D eigenvalue weighted by Crippen LogP contribution is -2.43. The highest BCUT2D eigenvalue weighted by Crippen LogP contribution is 2.56. The standard InChI is InChI=1S/C26H30N2O/c1-16-8-10-17(11-9-16)26(29)27-20-12-23-21-6-2-4-18(21)14-28-15-19-5-3-7-22(19)24(13-20)25(23)28/h8-13,18-19,21-22H,2-7,14-15H2,1H3,(H,27,29). The number of fused-ring (bicyclic) bond motifs is 4. The maximum atomic E-state index is 12.9. The Labute approximate surface area is 173 Å². The van der Waals surface area contributed by atoms with Gasteiger partial charge in [-0.3, -0.25) is 4.79 Å². The number of nitrogens with zero attached hydrogens (tertiary/aromatic N) is 1. The van der Waals surface area contributed by atoms with Crippen LogP contribution in [0.25, 0.3) is 0 Å². The first-order valence-corrected chi connectivity index (χ1v) is 11.5. The molecule has 2 aliphatic carbocycles. The fraction of sp³-hybridized carbons (Fsp3) is 0.500. The molecule has 2 aliphatic heterocycles. The number of rotatable bonds is 2. The third-order valence-electron chi connectivity index (χ3n) is 8.08. The number of hydrogen-bond donors (Lipinski definition) is 1. The molecule has 2 heterocycles. The van der Waals surface area contributed by atoms with E-state index < -0.39 is 0 Å². The van der Waals surface area contributed by atoms with Crippen molar-refractivity contribution in [1.29, 1.82) is 0 Å². The molecular formula is C26H30N2O. The van der Waals surface area contributed by atoms with Crippen LogP contribution >= 0.6 is 0 Å². The molecule has 2 aromatic rings. The van der Waals surface area contributed by atoms with Crippen LogP contribution in [0.3, 0.4) is 0 Å². The smallest absolute Gasteiger partial charge is 0.255 e. The van der Waals surface area contributed by atoms with Crippen molar-refractivity contribution in [2.45, 2.75) is 57.3 Å². The molecule has 2 saturated carbocycles. The summed E-state index contributed by atoms with van der Waals surface area (Å²) < 4.78 is 0. The summed E-state index contributed by atoms with van der Waals surface area (Å²) in [6.45, 7) is 4.56. The Morgan fingerprint density at radius 1 is 0.897 bits per heavy atom. The average molecular weight is 387 g/mol. The minimum Gasteiger partial charge on any atom is -0.370 e. The van der Waals surface area contributed by atoms with Gasteiger partial charge in [0.1, 0.15) is 0 Å². The lowest BCUT2D eigenvalue weighted by Gasteiger charge is -2.46. The van der Waals surface area contributed by atoms with Gasteiger partial charge in [-0.15, -0.1) is 0 Å². The number of anilines is 2. The molecule has 0 aromatic heterocycles. The zero-order valence-corrected chi connectivity index (χ0v) is 17.3. The van der Waals surface area contributed by atoms with Gasteiger partial charge in [-0.2, -0.15) is 0 Å². The molecular weight excluding hydrogens is 356 g/mol. The summed E-state index contributed by atoms with van der Waals surface area (Å²) in [6.07, 6.45) is 8.06. The van der Waals surface area contributed by atoms with E-state index in [1.165, 1.54) is 68.3 Å². The van der Waals surface area contributed by atoms with Gasteiger partial charge in [0.15, 0.2) is 0 Å². The fourth-order valence-electron chi connectivity index (χ4n) is 6.74. The largest absolute Gasteiger partial charge is 0.370 e.